The zero-order valence-electron chi connectivity index (χ0n) is 20.6. The zero-order chi connectivity index (χ0) is 24.7. The van der Waals surface area contributed by atoms with Gasteiger partial charge in [0.1, 0.15) is 23.4 Å². The lowest BCUT2D eigenvalue weighted by atomic mass is 10.00. The summed E-state index contributed by atoms with van der Waals surface area (Å²) in [5, 5.41) is 15.5. The largest absolute Gasteiger partial charge is 0.508 e. The van der Waals surface area contributed by atoms with Crippen molar-refractivity contribution in [2.75, 3.05) is 6.54 Å². The standard InChI is InChI=1S/C24H39N3O5/c1-9-10-14-27(21(30)16(2)25-22(31)32-24(6,7)8)19(20(29)26-23(3,4)5)17-12-11-13-18(28)15-17/h11-13,15-16,19,28H,9-10,14H2,1-8H3,(H,25,31)(H,26,29). The first-order valence-electron chi connectivity index (χ1n) is 11.1. The molecule has 2 atom stereocenters. The summed E-state index contributed by atoms with van der Waals surface area (Å²) in [4.78, 5) is 40.4. The molecule has 180 valence electrons. The number of benzene rings is 1. The van der Waals surface area contributed by atoms with E-state index in [4.69, 9.17) is 4.74 Å². The number of carbonyl (C=O) groups is 3. The van der Waals surface area contributed by atoms with Crippen LogP contribution in [0.3, 0.4) is 0 Å². The topological polar surface area (TPSA) is 108 Å². The molecule has 3 N–H and O–H groups in total. The first kappa shape index (κ1) is 27.3. The average molecular weight is 450 g/mol. The molecule has 3 amide bonds. The number of carbonyl (C=O) groups excluding carboxylic acids is 3. The SMILES string of the molecule is CCCCN(C(=O)C(C)NC(=O)OC(C)(C)C)C(C(=O)NC(C)(C)C)c1cccc(O)c1. The van der Waals surface area contributed by atoms with Crippen LogP contribution in [0.5, 0.6) is 5.75 Å². The fourth-order valence-corrected chi connectivity index (χ4v) is 3.10. The fourth-order valence-electron chi connectivity index (χ4n) is 3.10. The lowest BCUT2D eigenvalue weighted by Gasteiger charge is -2.35. The third kappa shape index (κ3) is 9.16. The van der Waals surface area contributed by atoms with Crippen molar-refractivity contribution in [2.24, 2.45) is 0 Å². The van der Waals surface area contributed by atoms with Crippen LogP contribution in [0.25, 0.3) is 0 Å². The number of rotatable bonds is 8. The van der Waals surface area contributed by atoms with Crippen molar-refractivity contribution in [3.8, 4) is 5.75 Å². The summed E-state index contributed by atoms with van der Waals surface area (Å²) < 4.78 is 5.26. The average Bonchev–Trinajstić information content (AvgIpc) is 2.61. The molecule has 0 aliphatic rings. The summed E-state index contributed by atoms with van der Waals surface area (Å²) in [6.07, 6.45) is 0.774. The molecule has 8 nitrogen and oxygen atoms in total. The number of nitrogens with one attached hydrogen (secondary N) is 2. The Morgan fingerprint density at radius 2 is 1.75 bits per heavy atom. The van der Waals surface area contributed by atoms with Gasteiger partial charge in [-0.25, -0.2) is 4.79 Å². The summed E-state index contributed by atoms with van der Waals surface area (Å²) in [5.74, 6) is -0.780. The van der Waals surface area contributed by atoms with E-state index in [1.165, 1.54) is 17.0 Å². The van der Waals surface area contributed by atoms with Gasteiger partial charge in [0.2, 0.25) is 11.8 Å². The first-order valence-corrected chi connectivity index (χ1v) is 11.1. The number of phenolic OH excluding ortho intramolecular Hbond substituents is 1. The molecule has 1 aromatic rings. The van der Waals surface area contributed by atoms with E-state index in [2.05, 4.69) is 10.6 Å². The molecule has 32 heavy (non-hydrogen) atoms. The Balaban J connectivity index is 3.31. The quantitative estimate of drug-likeness (QED) is 0.558. The Labute approximate surface area is 191 Å². The van der Waals surface area contributed by atoms with Crippen LogP contribution in [0, 0.1) is 0 Å². The van der Waals surface area contributed by atoms with E-state index in [1.807, 2.05) is 27.7 Å². The van der Waals surface area contributed by atoms with Gasteiger partial charge in [-0.15, -0.1) is 0 Å². The minimum Gasteiger partial charge on any atom is -0.508 e. The summed E-state index contributed by atoms with van der Waals surface area (Å²) >= 11 is 0. The number of aromatic hydroxyl groups is 1. The normalized spacial score (nSPS) is 13.6. The highest BCUT2D eigenvalue weighted by molar-refractivity contribution is 5.92. The fraction of sp³-hybridized carbons (Fsp3) is 0.625. The van der Waals surface area contributed by atoms with Crippen LogP contribution in [-0.4, -0.2) is 51.6 Å². The molecule has 0 saturated heterocycles. The van der Waals surface area contributed by atoms with E-state index >= 15 is 0 Å². The van der Waals surface area contributed by atoms with E-state index < -0.39 is 35.2 Å². The molecule has 0 aliphatic heterocycles. The third-order valence-electron chi connectivity index (χ3n) is 4.38. The molecule has 1 aromatic carbocycles. The molecular formula is C24H39N3O5. The molecular weight excluding hydrogens is 410 g/mol. The third-order valence-corrected chi connectivity index (χ3v) is 4.38. The van der Waals surface area contributed by atoms with Crippen molar-refractivity contribution in [1.29, 1.82) is 0 Å². The van der Waals surface area contributed by atoms with Crippen molar-refractivity contribution in [1.82, 2.24) is 15.5 Å². The minimum atomic E-state index is -0.969. The highest BCUT2D eigenvalue weighted by Gasteiger charge is 2.35. The Morgan fingerprint density at radius 3 is 2.25 bits per heavy atom. The van der Waals surface area contributed by atoms with E-state index in [-0.39, 0.29) is 11.7 Å². The van der Waals surface area contributed by atoms with Crippen LogP contribution in [0.4, 0.5) is 4.79 Å². The Kier molecular flexibility index (Phi) is 9.54. The summed E-state index contributed by atoms with van der Waals surface area (Å²) in [6.45, 7) is 14.6. The van der Waals surface area contributed by atoms with E-state index in [1.54, 1.807) is 39.8 Å². The number of unbranched alkanes of at least 4 members (excludes halogenated alkanes) is 1. The number of ether oxygens (including phenoxy) is 1. The molecule has 0 radical (unpaired) electrons. The van der Waals surface area contributed by atoms with Crippen LogP contribution >= 0.6 is 0 Å². The van der Waals surface area contributed by atoms with Crippen molar-refractivity contribution in [3.63, 3.8) is 0 Å². The molecule has 0 aromatic heterocycles. The number of hydrogen-bond donors (Lipinski definition) is 3. The summed E-state index contributed by atoms with van der Waals surface area (Å²) in [7, 11) is 0. The molecule has 0 fully saturated rings. The Bertz CT molecular complexity index is 796. The molecule has 0 heterocycles. The lowest BCUT2D eigenvalue weighted by molar-refractivity contribution is -0.142. The molecule has 8 heteroatoms. The zero-order valence-corrected chi connectivity index (χ0v) is 20.6. The highest BCUT2D eigenvalue weighted by Crippen LogP contribution is 2.26. The van der Waals surface area contributed by atoms with Gasteiger partial charge in [-0.05, 0) is 72.6 Å². The Hall–Kier alpha value is -2.77. The van der Waals surface area contributed by atoms with Gasteiger partial charge in [0.15, 0.2) is 0 Å². The smallest absolute Gasteiger partial charge is 0.408 e. The maximum Gasteiger partial charge on any atom is 0.408 e. The van der Waals surface area contributed by atoms with Crippen LogP contribution in [0.2, 0.25) is 0 Å². The van der Waals surface area contributed by atoms with Gasteiger partial charge in [0.05, 0.1) is 0 Å². The van der Waals surface area contributed by atoms with Crippen LogP contribution in [0.15, 0.2) is 24.3 Å². The second kappa shape index (κ2) is 11.2. The van der Waals surface area contributed by atoms with Crippen molar-refractivity contribution >= 4 is 17.9 Å². The van der Waals surface area contributed by atoms with Crippen LogP contribution in [-0.2, 0) is 14.3 Å². The molecule has 0 spiro atoms. The van der Waals surface area contributed by atoms with Gasteiger partial charge < -0.3 is 25.4 Å². The van der Waals surface area contributed by atoms with Gasteiger partial charge in [-0.2, -0.15) is 0 Å². The van der Waals surface area contributed by atoms with Crippen molar-refractivity contribution in [2.45, 2.75) is 91.5 Å². The van der Waals surface area contributed by atoms with Crippen LogP contribution in [0.1, 0.15) is 79.8 Å². The van der Waals surface area contributed by atoms with Gasteiger partial charge in [-0.3, -0.25) is 9.59 Å². The second-order valence-electron chi connectivity index (χ2n) is 9.99. The number of alkyl carbamates (subject to hydrolysis) is 1. The van der Waals surface area contributed by atoms with E-state index in [0.717, 1.165) is 6.42 Å². The Morgan fingerprint density at radius 1 is 1.12 bits per heavy atom. The summed E-state index contributed by atoms with van der Waals surface area (Å²) in [5.41, 5.74) is -0.738. The van der Waals surface area contributed by atoms with Crippen molar-refractivity contribution < 1.29 is 24.2 Å². The predicted octanol–water partition coefficient (Wildman–Crippen LogP) is 3.89. The number of amides is 3. The first-order chi connectivity index (χ1) is 14.6. The van der Waals surface area contributed by atoms with E-state index in [0.29, 0.717) is 18.5 Å². The maximum absolute atomic E-state index is 13.4. The van der Waals surface area contributed by atoms with Gasteiger partial charge >= 0.3 is 6.09 Å². The second-order valence-corrected chi connectivity index (χ2v) is 9.99. The van der Waals surface area contributed by atoms with E-state index in [9.17, 15) is 19.5 Å². The molecule has 0 saturated carbocycles. The molecule has 0 bridgehead atoms. The monoisotopic (exact) mass is 449 g/mol. The van der Waals surface area contributed by atoms with Gasteiger partial charge in [-0.1, -0.05) is 25.5 Å². The highest BCUT2D eigenvalue weighted by atomic mass is 16.6. The molecule has 1 rings (SSSR count). The molecule has 2 unspecified atom stereocenters. The lowest BCUT2D eigenvalue weighted by Crippen LogP contribution is -2.54. The minimum absolute atomic E-state index is 0.00104. The number of phenols is 1. The molecule has 0 aliphatic carbocycles. The predicted molar refractivity (Wildman–Crippen MR) is 124 cm³/mol. The van der Waals surface area contributed by atoms with Crippen molar-refractivity contribution in [3.05, 3.63) is 29.8 Å². The van der Waals surface area contributed by atoms with Crippen LogP contribution < -0.4 is 10.6 Å². The van der Waals surface area contributed by atoms with Gasteiger partial charge in [0.25, 0.3) is 0 Å². The maximum atomic E-state index is 13.4. The number of nitrogens with zero attached hydrogens (tertiary/aromatic N) is 1. The number of hydrogen-bond acceptors (Lipinski definition) is 5. The van der Waals surface area contributed by atoms with Gasteiger partial charge in [0, 0.05) is 12.1 Å². The summed E-state index contributed by atoms with van der Waals surface area (Å²) in [6, 6.07) is 4.43.